The summed E-state index contributed by atoms with van der Waals surface area (Å²) in [4.78, 5) is 0. The van der Waals surface area contributed by atoms with E-state index in [-0.39, 0.29) is 11.8 Å². The van der Waals surface area contributed by atoms with Crippen LogP contribution in [0, 0.1) is 5.92 Å². The van der Waals surface area contributed by atoms with Gasteiger partial charge < -0.3 is 0 Å². The molecule has 0 unspecified atom stereocenters. The number of halogens is 1. The van der Waals surface area contributed by atoms with Crippen molar-refractivity contribution < 1.29 is 4.48 Å². The second kappa shape index (κ2) is 4.85. The van der Waals surface area contributed by atoms with E-state index in [1.807, 2.05) is 36.5 Å². The molecule has 2 N–H and O–H groups in total. The number of hydrogen-bond donors (Lipinski definition) is 1. The number of hydrazine groups is 1. The fourth-order valence-electron chi connectivity index (χ4n) is 1.07. The maximum atomic E-state index is 12.1. The molecule has 1 aliphatic carbocycles. The van der Waals surface area contributed by atoms with Crippen LogP contribution in [0.15, 0.2) is 36.5 Å². The Bertz CT molecular complexity index is 191. The van der Waals surface area contributed by atoms with Crippen LogP contribution in [-0.4, -0.2) is 11.8 Å². The molecule has 12 heavy (non-hydrogen) atoms. The molecular weight excluding hydrogens is 155 g/mol. The highest BCUT2D eigenvalue weighted by molar-refractivity contribution is 5.19. The van der Waals surface area contributed by atoms with Crippen molar-refractivity contribution in [3.8, 4) is 0 Å². The summed E-state index contributed by atoms with van der Waals surface area (Å²) in [5.41, 5.74) is 0. The number of allylic oxidation sites excluding steroid dienone is 6. The second-order valence-corrected chi connectivity index (χ2v) is 2.73. The first-order chi connectivity index (χ1) is 5.79. The Kier molecular flexibility index (Phi) is 3.70. The van der Waals surface area contributed by atoms with Gasteiger partial charge >= 0.3 is 0 Å². The zero-order chi connectivity index (χ0) is 8.81. The van der Waals surface area contributed by atoms with E-state index in [0.29, 0.717) is 12.3 Å². The summed E-state index contributed by atoms with van der Waals surface area (Å²) >= 11 is 0. The molecule has 66 valence electrons. The molecule has 0 fully saturated rings. The van der Waals surface area contributed by atoms with Gasteiger partial charge in [-0.3, -0.25) is 0 Å². The minimum atomic E-state index is 0.222. The van der Waals surface area contributed by atoms with Gasteiger partial charge in [0.2, 0.25) is 0 Å². The fourth-order valence-corrected chi connectivity index (χ4v) is 1.07. The third-order valence-electron chi connectivity index (χ3n) is 1.73. The molecular formula is C9H13FN2. The van der Waals surface area contributed by atoms with Crippen LogP contribution in [-0.2, 0) is 0 Å². The molecule has 0 bridgehead atoms. The molecule has 0 spiro atoms. The van der Waals surface area contributed by atoms with Gasteiger partial charge in [-0.15, -0.1) is 4.48 Å². The normalized spacial score (nSPS) is 17.2. The molecule has 0 aromatic heterocycles. The van der Waals surface area contributed by atoms with Crippen LogP contribution in [0.2, 0.25) is 0 Å². The smallest absolute Gasteiger partial charge is 0.0458 e. The highest BCUT2D eigenvalue weighted by atomic mass is 19.2. The largest absolute Gasteiger partial charge is 0.241 e. The maximum absolute atomic E-state index is 12.1. The summed E-state index contributed by atoms with van der Waals surface area (Å²) in [7, 11) is 0. The van der Waals surface area contributed by atoms with Crippen molar-refractivity contribution in [2.45, 2.75) is 6.42 Å². The van der Waals surface area contributed by atoms with Crippen LogP contribution in [0.25, 0.3) is 0 Å². The maximum Gasteiger partial charge on any atom is 0.0458 e. The molecule has 0 aromatic rings. The lowest BCUT2D eigenvalue weighted by Crippen LogP contribution is -2.23. The summed E-state index contributed by atoms with van der Waals surface area (Å²) in [6.45, 7) is 0.263. The molecule has 0 aromatic carbocycles. The molecule has 3 heteroatoms. The lowest BCUT2D eigenvalue weighted by Gasteiger charge is -2.08. The molecule has 0 amide bonds. The van der Waals surface area contributed by atoms with Crippen molar-refractivity contribution in [3.63, 3.8) is 0 Å². The van der Waals surface area contributed by atoms with Crippen LogP contribution >= 0.6 is 0 Å². The van der Waals surface area contributed by atoms with Crippen molar-refractivity contribution in [1.82, 2.24) is 5.23 Å². The number of rotatable bonds is 3. The third kappa shape index (κ3) is 3.46. The summed E-state index contributed by atoms with van der Waals surface area (Å²) in [6.07, 6.45) is 12.6. The number of hydrogen-bond acceptors (Lipinski definition) is 2. The Morgan fingerprint density at radius 2 is 1.75 bits per heavy atom. The standard InChI is InChI=1S/C9H13FN2/c10-12(11)8-7-9-5-3-1-2-4-6-9/h1-6,9H,7-8,11H2. The minimum absolute atomic E-state index is 0.222. The fraction of sp³-hybridized carbons (Fsp3) is 0.333. The van der Waals surface area contributed by atoms with Crippen LogP contribution in [0.5, 0.6) is 0 Å². The van der Waals surface area contributed by atoms with Gasteiger partial charge in [-0.25, -0.2) is 5.84 Å². The van der Waals surface area contributed by atoms with E-state index in [0.717, 1.165) is 0 Å². The first-order valence-electron chi connectivity index (χ1n) is 3.99. The van der Waals surface area contributed by atoms with Crippen LogP contribution in [0.1, 0.15) is 6.42 Å². The SMILES string of the molecule is NN(F)CCC1C=CC=CC=C1. The topological polar surface area (TPSA) is 29.3 Å². The summed E-state index contributed by atoms with van der Waals surface area (Å²) in [5, 5.41) is 0.222. The van der Waals surface area contributed by atoms with E-state index < -0.39 is 0 Å². The Morgan fingerprint density at radius 1 is 1.17 bits per heavy atom. The molecule has 0 radical (unpaired) electrons. The number of nitrogens with zero attached hydrogens (tertiary/aromatic N) is 1. The van der Waals surface area contributed by atoms with Crippen LogP contribution in [0.4, 0.5) is 4.48 Å². The van der Waals surface area contributed by atoms with Gasteiger partial charge in [0.15, 0.2) is 0 Å². The molecule has 0 saturated carbocycles. The quantitative estimate of drug-likeness (QED) is 0.395. The zero-order valence-corrected chi connectivity index (χ0v) is 6.86. The van der Waals surface area contributed by atoms with E-state index in [2.05, 4.69) is 0 Å². The first kappa shape index (κ1) is 9.16. The molecule has 2 nitrogen and oxygen atoms in total. The average Bonchev–Trinajstić information content (AvgIpc) is 2.28. The predicted molar refractivity (Wildman–Crippen MR) is 47.5 cm³/mol. The van der Waals surface area contributed by atoms with E-state index in [9.17, 15) is 4.48 Å². The van der Waals surface area contributed by atoms with Gasteiger partial charge in [0.05, 0.1) is 0 Å². The molecule has 1 rings (SSSR count). The van der Waals surface area contributed by atoms with Crippen molar-refractivity contribution >= 4 is 0 Å². The lowest BCUT2D eigenvalue weighted by molar-refractivity contribution is 0.0219. The second-order valence-electron chi connectivity index (χ2n) is 2.73. The average molecular weight is 168 g/mol. The highest BCUT2D eigenvalue weighted by Crippen LogP contribution is 2.10. The van der Waals surface area contributed by atoms with Gasteiger partial charge in [0.1, 0.15) is 0 Å². The molecule has 1 aliphatic rings. The molecule has 0 saturated heterocycles. The molecule has 0 atom stereocenters. The lowest BCUT2D eigenvalue weighted by atomic mass is 10.1. The summed E-state index contributed by atoms with van der Waals surface area (Å²) in [6, 6.07) is 0. The summed E-state index contributed by atoms with van der Waals surface area (Å²) in [5.74, 6) is 5.14. The van der Waals surface area contributed by atoms with Crippen LogP contribution in [0.3, 0.4) is 0 Å². The van der Waals surface area contributed by atoms with E-state index in [4.69, 9.17) is 5.84 Å². The van der Waals surface area contributed by atoms with Gasteiger partial charge in [0.25, 0.3) is 0 Å². The van der Waals surface area contributed by atoms with E-state index in [1.54, 1.807) is 0 Å². The monoisotopic (exact) mass is 168 g/mol. The van der Waals surface area contributed by atoms with Crippen molar-refractivity contribution in [3.05, 3.63) is 36.5 Å². The van der Waals surface area contributed by atoms with Gasteiger partial charge in [0, 0.05) is 6.54 Å². The molecule has 0 aliphatic heterocycles. The first-order valence-corrected chi connectivity index (χ1v) is 3.99. The Balaban J connectivity index is 2.33. The minimum Gasteiger partial charge on any atom is -0.241 e. The van der Waals surface area contributed by atoms with Gasteiger partial charge in [-0.1, -0.05) is 41.7 Å². The molecule has 0 heterocycles. The van der Waals surface area contributed by atoms with Gasteiger partial charge in [-0.05, 0) is 12.3 Å². The third-order valence-corrected chi connectivity index (χ3v) is 1.73. The van der Waals surface area contributed by atoms with E-state index in [1.165, 1.54) is 0 Å². The zero-order valence-electron chi connectivity index (χ0n) is 6.86. The Morgan fingerprint density at radius 3 is 2.25 bits per heavy atom. The van der Waals surface area contributed by atoms with Crippen molar-refractivity contribution in [2.75, 3.05) is 6.54 Å². The van der Waals surface area contributed by atoms with Crippen molar-refractivity contribution in [2.24, 2.45) is 11.8 Å². The van der Waals surface area contributed by atoms with E-state index >= 15 is 0 Å². The Hall–Kier alpha value is -0.930. The Labute approximate surface area is 71.8 Å². The van der Waals surface area contributed by atoms with Crippen molar-refractivity contribution in [1.29, 1.82) is 0 Å². The van der Waals surface area contributed by atoms with Crippen LogP contribution < -0.4 is 5.84 Å². The highest BCUT2D eigenvalue weighted by Gasteiger charge is 2.02. The summed E-state index contributed by atoms with van der Waals surface area (Å²) < 4.78 is 12.1. The predicted octanol–water partition coefficient (Wildman–Crippen LogP) is 1.74. The van der Waals surface area contributed by atoms with Gasteiger partial charge in [-0.2, -0.15) is 0 Å². The number of nitrogens with two attached hydrogens (primary N) is 1.